The fraction of sp³-hybridized carbons (Fsp3) is 1.00. The summed E-state index contributed by atoms with van der Waals surface area (Å²) in [6.07, 6.45) is 4.07. The number of hydrogen-bond donors (Lipinski definition) is 0. The predicted molar refractivity (Wildman–Crippen MR) is 46.8 cm³/mol. The summed E-state index contributed by atoms with van der Waals surface area (Å²) < 4.78 is 11.7. The van der Waals surface area contributed by atoms with Gasteiger partial charge in [0, 0.05) is 0 Å². The van der Waals surface area contributed by atoms with Gasteiger partial charge in [-0.15, -0.1) is 0 Å². The maximum absolute atomic E-state index is 5.87. The Labute approximate surface area is 74.2 Å². The highest BCUT2D eigenvalue weighted by Gasteiger charge is 2.47. The predicted octanol–water partition coefficient (Wildman–Crippen LogP) is 2.33. The Morgan fingerprint density at radius 3 is 2.17 bits per heavy atom. The van der Waals surface area contributed by atoms with Crippen molar-refractivity contribution in [1.29, 1.82) is 0 Å². The third kappa shape index (κ3) is 1.27. The molecule has 0 aromatic carbocycles. The molecule has 2 fully saturated rings. The van der Waals surface area contributed by atoms with Gasteiger partial charge in [-0.25, -0.2) is 0 Å². The molecule has 1 aliphatic heterocycles. The summed E-state index contributed by atoms with van der Waals surface area (Å²) in [4.78, 5) is 0. The van der Waals surface area contributed by atoms with Crippen molar-refractivity contribution in [3.05, 3.63) is 0 Å². The summed E-state index contributed by atoms with van der Waals surface area (Å²) in [7, 11) is 0. The molecule has 0 aromatic rings. The van der Waals surface area contributed by atoms with Gasteiger partial charge in [0.05, 0.1) is 12.2 Å². The molecule has 12 heavy (non-hydrogen) atoms. The van der Waals surface area contributed by atoms with Gasteiger partial charge in [0.2, 0.25) is 0 Å². The Balaban J connectivity index is 2.02. The van der Waals surface area contributed by atoms with Crippen LogP contribution in [-0.2, 0) is 9.47 Å². The van der Waals surface area contributed by atoms with Gasteiger partial charge >= 0.3 is 0 Å². The average molecular weight is 170 g/mol. The van der Waals surface area contributed by atoms with E-state index < -0.39 is 0 Å². The van der Waals surface area contributed by atoms with Gasteiger partial charge in [-0.2, -0.15) is 0 Å². The molecular weight excluding hydrogens is 152 g/mol. The van der Waals surface area contributed by atoms with E-state index >= 15 is 0 Å². The van der Waals surface area contributed by atoms with Gasteiger partial charge in [-0.05, 0) is 32.1 Å². The van der Waals surface area contributed by atoms with Crippen LogP contribution in [0.25, 0.3) is 0 Å². The van der Waals surface area contributed by atoms with Crippen molar-refractivity contribution in [2.45, 2.75) is 58.0 Å². The van der Waals surface area contributed by atoms with Gasteiger partial charge in [0.25, 0.3) is 0 Å². The van der Waals surface area contributed by atoms with E-state index in [-0.39, 0.29) is 5.79 Å². The van der Waals surface area contributed by atoms with Crippen molar-refractivity contribution in [2.24, 2.45) is 5.92 Å². The molecule has 0 spiro atoms. The topological polar surface area (TPSA) is 18.5 Å². The second kappa shape index (κ2) is 2.71. The average Bonchev–Trinajstić information content (AvgIpc) is 2.42. The number of fused-ring (bicyclic) bond motifs is 1. The highest BCUT2D eigenvalue weighted by atomic mass is 16.8. The lowest BCUT2D eigenvalue weighted by atomic mass is 10.1. The van der Waals surface area contributed by atoms with E-state index in [2.05, 4.69) is 20.8 Å². The fourth-order valence-corrected chi connectivity index (χ4v) is 2.28. The molecule has 2 aliphatic rings. The normalized spacial score (nSPS) is 52.8. The highest BCUT2D eigenvalue weighted by molar-refractivity contribution is 4.90. The SMILES string of the molecule is CCC1(C)OC2CC(C)CC2O1. The maximum Gasteiger partial charge on any atom is 0.166 e. The van der Waals surface area contributed by atoms with Crippen molar-refractivity contribution in [1.82, 2.24) is 0 Å². The summed E-state index contributed by atoms with van der Waals surface area (Å²) in [6, 6.07) is 0. The summed E-state index contributed by atoms with van der Waals surface area (Å²) in [5, 5.41) is 0. The van der Waals surface area contributed by atoms with E-state index in [1.807, 2.05) is 0 Å². The summed E-state index contributed by atoms with van der Waals surface area (Å²) in [5.41, 5.74) is 0. The van der Waals surface area contributed by atoms with Crippen molar-refractivity contribution < 1.29 is 9.47 Å². The third-order valence-electron chi connectivity index (χ3n) is 3.13. The van der Waals surface area contributed by atoms with E-state index in [4.69, 9.17) is 9.47 Å². The Hall–Kier alpha value is -0.0800. The molecule has 70 valence electrons. The molecule has 0 N–H and O–H groups in total. The largest absolute Gasteiger partial charge is 0.344 e. The zero-order chi connectivity index (χ0) is 8.77. The van der Waals surface area contributed by atoms with Crippen molar-refractivity contribution in [3.63, 3.8) is 0 Å². The molecule has 0 aromatic heterocycles. The Morgan fingerprint density at radius 2 is 1.75 bits per heavy atom. The molecule has 1 heterocycles. The van der Waals surface area contributed by atoms with E-state index in [1.54, 1.807) is 0 Å². The summed E-state index contributed by atoms with van der Waals surface area (Å²) >= 11 is 0. The van der Waals surface area contributed by atoms with Gasteiger partial charge in [0.15, 0.2) is 5.79 Å². The Morgan fingerprint density at radius 1 is 1.25 bits per heavy atom. The minimum absolute atomic E-state index is 0.282. The standard InChI is InChI=1S/C10H18O2/c1-4-10(3)11-8-5-7(2)6-9(8)12-10/h7-9H,4-6H2,1-3H3. The first kappa shape index (κ1) is 8.52. The molecule has 0 radical (unpaired) electrons. The smallest absolute Gasteiger partial charge is 0.166 e. The monoisotopic (exact) mass is 170 g/mol. The molecule has 0 bridgehead atoms. The second-order valence-corrected chi connectivity index (χ2v) is 4.38. The summed E-state index contributed by atoms with van der Waals surface area (Å²) in [5.74, 6) is 0.497. The van der Waals surface area contributed by atoms with Crippen LogP contribution in [0, 0.1) is 5.92 Å². The van der Waals surface area contributed by atoms with Gasteiger partial charge in [0.1, 0.15) is 0 Å². The van der Waals surface area contributed by atoms with Crippen LogP contribution in [-0.4, -0.2) is 18.0 Å². The molecule has 0 amide bonds. The van der Waals surface area contributed by atoms with E-state index in [1.165, 1.54) is 12.8 Å². The molecule has 2 atom stereocenters. The van der Waals surface area contributed by atoms with Crippen molar-refractivity contribution >= 4 is 0 Å². The van der Waals surface area contributed by atoms with Gasteiger partial charge in [-0.3, -0.25) is 0 Å². The first-order valence-electron chi connectivity index (χ1n) is 4.98. The zero-order valence-corrected chi connectivity index (χ0v) is 8.17. The highest BCUT2D eigenvalue weighted by Crippen LogP contribution is 2.41. The third-order valence-corrected chi connectivity index (χ3v) is 3.13. The van der Waals surface area contributed by atoms with Crippen LogP contribution < -0.4 is 0 Å². The van der Waals surface area contributed by atoms with Crippen LogP contribution in [0.15, 0.2) is 0 Å². The molecule has 1 saturated heterocycles. The first-order chi connectivity index (χ1) is 5.63. The van der Waals surface area contributed by atoms with E-state index in [9.17, 15) is 0 Å². The van der Waals surface area contributed by atoms with Crippen molar-refractivity contribution in [3.8, 4) is 0 Å². The Kier molecular flexibility index (Phi) is 1.92. The molecule has 2 rings (SSSR count). The molecule has 2 nitrogen and oxygen atoms in total. The van der Waals surface area contributed by atoms with E-state index in [0.29, 0.717) is 12.2 Å². The quantitative estimate of drug-likeness (QED) is 0.601. The van der Waals surface area contributed by atoms with E-state index in [0.717, 1.165) is 12.3 Å². The van der Waals surface area contributed by atoms with Crippen LogP contribution in [0.4, 0.5) is 0 Å². The lowest BCUT2D eigenvalue weighted by molar-refractivity contribution is -0.169. The second-order valence-electron chi connectivity index (χ2n) is 4.38. The summed E-state index contributed by atoms with van der Waals surface area (Å²) in [6.45, 7) is 6.44. The molecule has 2 unspecified atom stereocenters. The van der Waals surface area contributed by atoms with Gasteiger partial charge in [-0.1, -0.05) is 13.8 Å². The van der Waals surface area contributed by atoms with Crippen LogP contribution in [0.2, 0.25) is 0 Å². The lowest BCUT2D eigenvalue weighted by Gasteiger charge is -2.22. The minimum atomic E-state index is -0.282. The zero-order valence-electron chi connectivity index (χ0n) is 8.17. The first-order valence-corrected chi connectivity index (χ1v) is 4.98. The van der Waals surface area contributed by atoms with Crippen LogP contribution in [0.3, 0.4) is 0 Å². The minimum Gasteiger partial charge on any atom is -0.344 e. The number of rotatable bonds is 1. The number of hydrogen-bond acceptors (Lipinski definition) is 2. The maximum atomic E-state index is 5.87. The van der Waals surface area contributed by atoms with Crippen LogP contribution >= 0.6 is 0 Å². The molecular formula is C10H18O2. The molecule has 1 saturated carbocycles. The molecule has 2 heteroatoms. The Bertz CT molecular complexity index is 165. The fourth-order valence-electron chi connectivity index (χ4n) is 2.28. The van der Waals surface area contributed by atoms with Crippen molar-refractivity contribution in [2.75, 3.05) is 0 Å². The van der Waals surface area contributed by atoms with Crippen LogP contribution in [0.1, 0.15) is 40.0 Å². The molecule has 1 aliphatic carbocycles. The van der Waals surface area contributed by atoms with Gasteiger partial charge < -0.3 is 9.47 Å². The lowest BCUT2D eigenvalue weighted by Crippen LogP contribution is -2.26. The van der Waals surface area contributed by atoms with Crippen LogP contribution in [0.5, 0.6) is 0 Å². The number of ether oxygens (including phenoxy) is 2.